The van der Waals surface area contributed by atoms with E-state index in [4.69, 9.17) is 4.79 Å². The fraction of sp³-hybridized carbons (Fsp3) is 0.133. The topological polar surface area (TPSA) is 154 Å². The molecule has 0 saturated carbocycles. The van der Waals surface area contributed by atoms with Crippen molar-refractivity contribution in [3.05, 3.63) is 119 Å². The Balaban J connectivity index is 0. The van der Waals surface area contributed by atoms with Gasteiger partial charge in [-0.25, -0.2) is 0 Å². The molecule has 4 heterocycles. The minimum atomic E-state index is 0.421. The third-order valence-electron chi connectivity index (χ3n) is 3.73. The van der Waals surface area contributed by atoms with Crippen LogP contribution in [0.15, 0.2) is 86.0 Å². The van der Waals surface area contributed by atoms with Gasteiger partial charge in [0.1, 0.15) is 6.29 Å². The maximum absolute atomic E-state index is 10.1. The van der Waals surface area contributed by atoms with Gasteiger partial charge < -0.3 is 4.79 Å². The first kappa shape index (κ1) is 36.8. The van der Waals surface area contributed by atoms with Crippen molar-refractivity contribution in [3.63, 3.8) is 0 Å². The van der Waals surface area contributed by atoms with Crippen LogP contribution < -0.4 is 0 Å². The van der Waals surface area contributed by atoms with Crippen LogP contribution in [0.4, 0.5) is 0 Å². The summed E-state index contributed by atoms with van der Waals surface area (Å²) in [7, 11) is 0. The van der Waals surface area contributed by atoms with Gasteiger partial charge in [0.05, 0.1) is 0 Å². The van der Waals surface area contributed by atoms with Gasteiger partial charge >= 0.3 is 0 Å². The molecule has 0 unspecified atom stereocenters. The van der Waals surface area contributed by atoms with Crippen LogP contribution in [0.1, 0.15) is 78.1 Å². The predicted molar refractivity (Wildman–Crippen MR) is 152 cm³/mol. The Kier molecular flexibility index (Phi) is 24.5. The van der Waals surface area contributed by atoms with Gasteiger partial charge in [-0.2, -0.15) is 0 Å². The van der Waals surface area contributed by atoms with Crippen molar-refractivity contribution in [2.75, 3.05) is 0 Å². The molecular weight excluding hydrogens is 512 g/mol. The second-order valence-corrected chi connectivity index (χ2v) is 6.74. The number of hydrogen-bond donors (Lipinski definition) is 0. The van der Waals surface area contributed by atoms with Crippen LogP contribution >= 0.6 is 0 Å². The average molecular weight is 545 g/mol. The molecule has 0 fully saturated rings. The van der Waals surface area contributed by atoms with Crippen LogP contribution in [0.5, 0.6) is 0 Å². The van der Waals surface area contributed by atoms with Crippen LogP contribution in [0, 0.1) is 6.92 Å². The van der Waals surface area contributed by atoms with E-state index < -0.39 is 0 Å². The van der Waals surface area contributed by atoms with Gasteiger partial charge in [0.2, 0.25) is 0 Å². The second kappa shape index (κ2) is 26.7. The Morgan fingerprint density at radius 1 is 0.500 bits per heavy atom. The summed E-state index contributed by atoms with van der Waals surface area (Å²) in [4.78, 5) is 74.0. The van der Waals surface area contributed by atoms with Gasteiger partial charge in [0.25, 0.3) is 0 Å². The average Bonchev–Trinajstić information content (AvgIpc) is 3.04. The lowest BCUT2D eigenvalue weighted by molar-refractivity contribution is -0.106. The lowest BCUT2D eigenvalue weighted by atomic mass is 10.2. The first-order chi connectivity index (χ1) is 19.5. The van der Waals surface area contributed by atoms with Gasteiger partial charge in [0, 0.05) is 77.4 Å². The summed E-state index contributed by atoms with van der Waals surface area (Å²) < 4.78 is 0. The number of rotatable bonds is 5. The predicted octanol–water partition coefficient (Wildman–Crippen LogP) is 4.93. The minimum absolute atomic E-state index is 0.421. The molecule has 0 atom stereocenters. The summed E-state index contributed by atoms with van der Waals surface area (Å²) in [5, 5.41) is 0. The van der Waals surface area contributed by atoms with Gasteiger partial charge in [-0.3, -0.25) is 43.9 Å². The summed E-state index contributed by atoms with van der Waals surface area (Å²) in [6.07, 6.45) is 16.8. The summed E-state index contributed by atoms with van der Waals surface area (Å²) in [6, 6.07) is 10.1. The van der Waals surface area contributed by atoms with Crippen LogP contribution in [0.2, 0.25) is 0 Å². The van der Waals surface area contributed by atoms with E-state index in [2.05, 4.69) is 19.9 Å². The number of carbonyl (C=O) groups is 6. The van der Waals surface area contributed by atoms with Crippen molar-refractivity contribution in [3.8, 4) is 0 Å². The zero-order chi connectivity index (χ0) is 30.4. The summed E-state index contributed by atoms with van der Waals surface area (Å²) >= 11 is 0. The Morgan fingerprint density at radius 3 is 1.07 bits per heavy atom. The van der Waals surface area contributed by atoms with Gasteiger partial charge in [-0.05, 0) is 55.8 Å². The van der Waals surface area contributed by atoms with Gasteiger partial charge in [-0.1, -0.05) is 13.8 Å². The number of hydrogen-bond acceptors (Lipinski definition) is 10. The maximum Gasteiger partial charge on any atom is 0.151 e. The summed E-state index contributed by atoms with van der Waals surface area (Å²) in [5.41, 5.74) is 3.73. The highest BCUT2D eigenvalue weighted by atomic mass is 16.1. The van der Waals surface area contributed by atoms with Crippen LogP contribution in [-0.2, 0) is 4.79 Å². The van der Waals surface area contributed by atoms with Gasteiger partial charge in [0.15, 0.2) is 31.4 Å². The van der Waals surface area contributed by atoms with E-state index >= 15 is 0 Å². The zero-order valence-electron chi connectivity index (χ0n) is 22.8. The molecule has 0 aliphatic carbocycles. The van der Waals surface area contributed by atoms with Crippen molar-refractivity contribution < 1.29 is 28.8 Å². The molecule has 4 aromatic rings. The molecule has 208 valence electrons. The molecule has 4 aromatic heterocycles. The first-order valence-electron chi connectivity index (χ1n) is 11.8. The van der Waals surface area contributed by atoms with Gasteiger partial charge in [-0.15, -0.1) is 0 Å². The van der Waals surface area contributed by atoms with E-state index in [0.717, 1.165) is 30.7 Å². The lowest BCUT2D eigenvalue weighted by Crippen LogP contribution is -1.86. The molecule has 0 aromatic carbocycles. The molecule has 0 radical (unpaired) electrons. The van der Waals surface area contributed by atoms with Crippen molar-refractivity contribution in [1.29, 1.82) is 0 Å². The Hall–Kier alpha value is -5.38. The molecule has 40 heavy (non-hydrogen) atoms. The highest BCUT2D eigenvalue weighted by molar-refractivity contribution is 5.80. The van der Waals surface area contributed by atoms with E-state index in [-0.39, 0.29) is 0 Å². The van der Waals surface area contributed by atoms with Crippen molar-refractivity contribution in [2.24, 2.45) is 0 Å². The Labute approximate surface area is 233 Å². The lowest BCUT2D eigenvalue weighted by Gasteiger charge is -1.89. The normalized spacial score (nSPS) is 8.10. The number of aryl methyl sites for hydroxylation is 1. The third-order valence-corrected chi connectivity index (χ3v) is 3.73. The largest absolute Gasteiger partial charge is 0.304 e. The van der Waals surface area contributed by atoms with Crippen LogP contribution in [0.25, 0.3) is 0 Å². The van der Waals surface area contributed by atoms with E-state index in [1.807, 2.05) is 20.8 Å². The fourth-order valence-electron chi connectivity index (χ4n) is 2.14. The molecule has 10 heteroatoms. The number of aldehydes is 6. The molecule has 0 N–H and O–H groups in total. The molecule has 10 nitrogen and oxygen atoms in total. The number of nitrogens with zero attached hydrogens (tertiary/aromatic N) is 4. The molecule has 0 saturated heterocycles. The quantitative estimate of drug-likeness (QED) is 0.316. The molecule has 0 amide bonds. The van der Waals surface area contributed by atoms with Crippen molar-refractivity contribution in [2.45, 2.75) is 27.7 Å². The van der Waals surface area contributed by atoms with E-state index in [9.17, 15) is 24.0 Å². The highest BCUT2D eigenvalue weighted by Gasteiger charge is 1.91. The zero-order valence-corrected chi connectivity index (χ0v) is 22.8. The molecule has 0 bridgehead atoms. The smallest absolute Gasteiger partial charge is 0.151 e. The summed E-state index contributed by atoms with van der Waals surface area (Å²) in [5.74, 6) is 0. The number of aromatic nitrogens is 4. The maximum atomic E-state index is 10.1. The van der Waals surface area contributed by atoms with Crippen LogP contribution in [0.3, 0.4) is 0 Å². The number of pyridine rings is 4. The first-order valence-corrected chi connectivity index (χ1v) is 11.8. The number of carbonyl (C=O) groups excluding carboxylic acids is 6. The highest BCUT2D eigenvalue weighted by Crippen LogP contribution is 1.97. The SMILES string of the molecule is CC.CC=O.Cc1cncc(C=O)c1.O=Cc1cccnc1.O=Cc1cccnc1.O=Cc1cncc(C=O)c1. The van der Waals surface area contributed by atoms with Crippen LogP contribution in [-0.4, -0.2) is 57.7 Å². The fourth-order valence-corrected chi connectivity index (χ4v) is 2.14. The summed E-state index contributed by atoms with van der Waals surface area (Å²) in [6.45, 7) is 7.35. The molecule has 4 rings (SSSR count). The monoisotopic (exact) mass is 544 g/mol. The van der Waals surface area contributed by atoms with Crippen molar-refractivity contribution in [1.82, 2.24) is 19.9 Å². The Morgan fingerprint density at radius 2 is 0.825 bits per heavy atom. The van der Waals surface area contributed by atoms with E-state index in [1.165, 1.54) is 37.8 Å². The minimum Gasteiger partial charge on any atom is -0.304 e. The Bertz CT molecular complexity index is 1190. The molecular formula is C30H32N4O6. The standard InChI is InChI=1S/C7H5NO2.C7H7NO.2C6H5NO.C2H4O.C2H6/c9-4-6-1-7(5-10)3-8-2-6;1-6-2-7(5-9)4-8-3-6;2*8-5-6-2-1-3-7-4-6;1-2-3;1-2/h1-5H;2-5H,1H3;2*1-5H;2H,1H3;1-2H3. The van der Waals surface area contributed by atoms with E-state index in [1.54, 1.807) is 55.1 Å². The van der Waals surface area contributed by atoms with Crippen molar-refractivity contribution >= 4 is 37.7 Å². The molecule has 0 spiro atoms. The molecule has 0 aliphatic rings. The molecule has 0 aliphatic heterocycles. The second-order valence-electron chi connectivity index (χ2n) is 6.74. The third kappa shape index (κ3) is 19.8. The van der Waals surface area contributed by atoms with E-state index in [0.29, 0.717) is 40.4 Å².